The second kappa shape index (κ2) is 5.63. The first-order chi connectivity index (χ1) is 8.29. The lowest BCUT2D eigenvalue weighted by atomic mass is 10.2. The van der Waals surface area contributed by atoms with Crippen LogP contribution >= 0.6 is 11.6 Å². The van der Waals surface area contributed by atoms with Crippen molar-refractivity contribution in [3.63, 3.8) is 0 Å². The number of aromatic nitrogens is 3. The zero-order valence-electron chi connectivity index (χ0n) is 9.51. The molecule has 0 atom stereocenters. The first-order valence-corrected chi connectivity index (χ1v) is 5.82. The third-order valence-electron chi connectivity index (χ3n) is 2.33. The monoisotopic (exact) mass is 252 g/mol. The number of likely N-dealkylation sites (N-methyl/N-ethyl adjacent to an activating group) is 1. The summed E-state index contributed by atoms with van der Waals surface area (Å²) in [5.74, 6) is 0.674. The van der Waals surface area contributed by atoms with Gasteiger partial charge in [-0.25, -0.2) is 0 Å². The number of rotatable bonds is 5. The van der Waals surface area contributed by atoms with Crippen LogP contribution < -0.4 is 4.90 Å². The molecule has 0 fully saturated rings. The van der Waals surface area contributed by atoms with Gasteiger partial charge in [-0.05, 0) is 12.1 Å². The van der Waals surface area contributed by atoms with Crippen LogP contribution in [0.2, 0.25) is 0 Å². The Bertz CT molecular complexity index is 460. The van der Waals surface area contributed by atoms with E-state index in [0.29, 0.717) is 11.9 Å². The van der Waals surface area contributed by atoms with E-state index in [2.05, 4.69) is 15.2 Å². The molecule has 2 heterocycles. The highest BCUT2D eigenvalue weighted by molar-refractivity contribution is 6.16. The van der Waals surface area contributed by atoms with Crippen LogP contribution in [-0.2, 0) is 12.3 Å². The van der Waals surface area contributed by atoms with Crippen molar-refractivity contribution in [2.45, 2.75) is 12.3 Å². The van der Waals surface area contributed by atoms with Gasteiger partial charge in [0.15, 0.2) is 0 Å². The van der Waals surface area contributed by atoms with Crippen molar-refractivity contribution in [1.29, 1.82) is 0 Å². The molecular formula is C11H13ClN4O. The fraction of sp³-hybridized carbons (Fsp3) is 0.364. The van der Waals surface area contributed by atoms with E-state index in [9.17, 15) is 0 Å². The summed E-state index contributed by atoms with van der Waals surface area (Å²) in [6, 6.07) is 6.35. The molecule has 17 heavy (non-hydrogen) atoms. The molecule has 2 rings (SSSR count). The quantitative estimate of drug-likeness (QED) is 0.761. The second-order valence-electron chi connectivity index (χ2n) is 3.60. The summed E-state index contributed by atoms with van der Waals surface area (Å²) in [5, 5.41) is 7.71. The standard InChI is InChI=1S/C11H13ClN4O/c1-16(11-15-14-10(8-12)17-11)7-5-9-4-2-3-6-13-9/h2-4,6H,5,7-8H2,1H3. The maximum atomic E-state index is 5.59. The normalized spacial score (nSPS) is 10.5. The molecular weight excluding hydrogens is 240 g/mol. The lowest BCUT2D eigenvalue weighted by Crippen LogP contribution is -2.20. The van der Waals surface area contributed by atoms with Gasteiger partial charge in [0.05, 0.1) is 0 Å². The maximum Gasteiger partial charge on any atom is 0.317 e. The summed E-state index contributed by atoms with van der Waals surface area (Å²) in [5.41, 5.74) is 1.04. The first kappa shape index (κ1) is 11.9. The van der Waals surface area contributed by atoms with Gasteiger partial charge < -0.3 is 9.32 Å². The predicted molar refractivity (Wildman–Crippen MR) is 65.1 cm³/mol. The highest BCUT2D eigenvalue weighted by Gasteiger charge is 2.09. The fourth-order valence-electron chi connectivity index (χ4n) is 1.38. The number of pyridine rings is 1. The van der Waals surface area contributed by atoms with Gasteiger partial charge in [0.2, 0.25) is 5.89 Å². The van der Waals surface area contributed by atoms with Crippen molar-refractivity contribution >= 4 is 17.6 Å². The molecule has 0 spiro atoms. The number of nitrogens with zero attached hydrogens (tertiary/aromatic N) is 4. The third-order valence-corrected chi connectivity index (χ3v) is 2.56. The van der Waals surface area contributed by atoms with Crippen LogP contribution in [0.1, 0.15) is 11.6 Å². The Morgan fingerprint density at radius 2 is 2.24 bits per heavy atom. The van der Waals surface area contributed by atoms with Gasteiger partial charge in [0, 0.05) is 31.9 Å². The van der Waals surface area contributed by atoms with Crippen LogP contribution in [0.5, 0.6) is 0 Å². The molecule has 0 aliphatic heterocycles. The Balaban J connectivity index is 1.91. The Hall–Kier alpha value is -1.62. The van der Waals surface area contributed by atoms with Gasteiger partial charge in [-0.15, -0.1) is 16.7 Å². The molecule has 0 bridgehead atoms. The van der Waals surface area contributed by atoms with E-state index >= 15 is 0 Å². The Morgan fingerprint density at radius 3 is 2.88 bits per heavy atom. The molecule has 0 aromatic carbocycles. The molecule has 0 saturated heterocycles. The number of hydrogen-bond donors (Lipinski definition) is 0. The summed E-state index contributed by atoms with van der Waals surface area (Å²) >= 11 is 5.59. The molecule has 2 aromatic rings. The Kier molecular flexibility index (Phi) is 3.93. The number of alkyl halides is 1. The smallest absolute Gasteiger partial charge is 0.317 e. The summed E-state index contributed by atoms with van der Waals surface area (Å²) in [6.45, 7) is 0.765. The van der Waals surface area contributed by atoms with Crippen LogP contribution in [0.4, 0.5) is 6.01 Å². The van der Waals surface area contributed by atoms with Gasteiger partial charge in [-0.1, -0.05) is 11.2 Å². The van der Waals surface area contributed by atoms with Crippen molar-refractivity contribution in [3.8, 4) is 0 Å². The van der Waals surface area contributed by atoms with E-state index < -0.39 is 0 Å². The van der Waals surface area contributed by atoms with E-state index in [0.717, 1.165) is 18.7 Å². The predicted octanol–water partition coefficient (Wildman–Crippen LogP) is 1.88. The summed E-state index contributed by atoms with van der Waals surface area (Å²) < 4.78 is 5.33. The lowest BCUT2D eigenvalue weighted by molar-refractivity contribution is 0.507. The minimum Gasteiger partial charge on any atom is -0.407 e. The van der Waals surface area contributed by atoms with Crippen molar-refractivity contribution in [3.05, 3.63) is 36.0 Å². The second-order valence-corrected chi connectivity index (χ2v) is 3.87. The molecule has 0 aliphatic rings. The molecule has 2 aromatic heterocycles. The highest BCUT2D eigenvalue weighted by Crippen LogP contribution is 2.12. The molecule has 0 saturated carbocycles. The minimum absolute atomic E-state index is 0.237. The molecule has 5 nitrogen and oxygen atoms in total. The third kappa shape index (κ3) is 3.17. The Labute approximate surface area is 104 Å². The molecule has 0 amide bonds. The van der Waals surface area contributed by atoms with Gasteiger partial charge in [0.1, 0.15) is 5.88 Å². The molecule has 0 aliphatic carbocycles. The van der Waals surface area contributed by atoms with Crippen molar-refractivity contribution in [1.82, 2.24) is 15.2 Å². The van der Waals surface area contributed by atoms with Gasteiger partial charge >= 0.3 is 6.01 Å². The van der Waals surface area contributed by atoms with Crippen LogP contribution in [0.3, 0.4) is 0 Å². The molecule has 0 unspecified atom stereocenters. The summed E-state index contributed by atoms with van der Waals surface area (Å²) in [4.78, 5) is 6.14. The SMILES string of the molecule is CN(CCc1ccccn1)c1nnc(CCl)o1. The topological polar surface area (TPSA) is 55.1 Å². The van der Waals surface area contributed by atoms with Crippen molar-refractivity contribution < 1.29 is 4.42 Å². The van der Waals surface area contributed by atoms with E-state index in [4.69, 9.17) is 16.0 Å². The molecule has 6 heteroatoms. The number of anilines is 1. The minimum atomic E-state index is 0.237. The molecule has 0 N–H and O–H groups in total. The first-order valence-electron chi connectivity index (χ1n) is 5.29. The average Bonchev–Trinajstić information content (AvgIpc) is 2.86. The maximum absolute atomic E-state index is 5.59. The highest BCUT2D eigenvalue weighted by atomic mass is 35.5. The van der Waals surface area contributed by atoms with Gasteiger partial charge in [0.25, 0.3) is 0 Å². The number of halogens is 1. The van der Waals surface area contributed by atoms with Crippen molar-refractivity contribution in [2.75, 3.05) is 18.5 Å². The van der Waals surface area contributed by atoms with E-state index in [-0.39, 0.29) is 5.88 Å². The largest absolute Gasteiger partial charge is 0.407 e. The molecule has 90 valence electrons. The van der Waals surface area contributed by atoms with E-state index in [1.165, 1.54) is 0 Å². The summed E-state index contributed by atoms with van der Waals surface area (Å²) in [7, 11) is 1.90. The van der Waals surface area contributed by atoms with Crippen LogP contribution in [0, 0.1) is 0 Å². The zero-order valence-corrected chi connectivity index (χ0v) is 10.3. The van der Waals surface area contributed by atoms with E-state index in [1.54, 1.807) is 6.20 Å². The van der Waals surface area contributed by atoms with Crippen LogP contribution in [0.15, 0.2) is 28.8 Å². The number of hydrogen-bond acceptors (Lipinski definition) is 5. The molecule has 0 radical (unpaired) electrons. The zero-order chi connectivity index (χ0) is 12.1. The van der Waals surface area contributed by atoms with Crippen LogP contribution in [-0.4, -0.2) is 28.8 Å². The Morgan fingerprint density at radius 1 is 1.35 bits per heavy atom. The van der Waals surface area contributed by atoms with Crippen LogP contribution in [0.25, 0.3) is 0 Å². The summed E-state index contributed by atoms with van der Waals surface area (Å²) in [6.07, 6.45) is 2.61. The fourth-order valence-corrected chi connectivity index (χ4v) is 1.48. The van der Waals surface area contributed by atoms with Gasteiger partial charge in [-0.3, -0.25) is 4.98 Å². The van der Waals surface area contributed by atoms with Gasteiger partial charge in [-0.2, -0.15) is 0 Å². The van der Waals surface area contributed by atoms with E-state index in [1.807, 2.05) is 30.1 Å². The average molecular weight is 253 g/mol. The lowest BCUT2D eigenvalue weighted by Gasteiger charge is -2.12. The van der Waals surface area contributed by atoms with Crippen molar-refractivity contribution in [2.24, 2.45) is 0 Å².